The molecule has 0 aliphatic carbocycles. The van der Waals surface area contributed by atoms with Gasteiger partial charge in [-0.1, -0.05) is 6.07 Å². The largest absolute Gasteiger partial charge is 0.384 e. The number of likely N-dealkylation sites (tertiary alicyclic amines) is 1. The molecule has 1 aliphatic heterocycles. The van der Waals surface area contributed by atoms with E-state index in [1.165, 1.54) is 0 Å². The van der Waals surface area contributed by atoms with Crippen LogP contribution in [-0.4, -0.2) is 43.4 Å². The van der Waals surface area contributed by atoms with Crippen molar-refractivity contribution in [1.82, 2.24) is 24.4 Å². The number of anilines is 1. The average Bonchev–Trinajstić information content (AvgIpc) is 3.16. The zero-order valence-electron chi connectivity index (χ0n) is 15.0. The summed E-state index contributed by atoms with van der Waals surface area (Å²) in [6.07, 6.45) is 9.01. The van der Waals surface area contributed by atoms with Crippen molar-refractivity contribution in [3.05, 3.63) is 72.2 Å². The number of nitrogen functional groups attached to an aromatic ring is 1. The maximum absolute atomic E-state index is 12.7. The number of aromatic nitrogens is 4. The maximum Gasteiger partial charge on any atom is 0.254 e. The van der Waals surface area contributed by atoms with Gasteiger partial charge in [0.2, 0.25) is 0 Å². The lowest BCUT2D eigenvalue weighted by molar-refractivity contribution is 0.0710. The Morgan fingerprint density at radius 2 is 1.93 bits per heavy atom. The lowest BCUT2D eigenvalue weighted by Crippen LogP contribution is -2.38. The van der Waals surface area contributed by atoms with Crippen molar-refractivity contribution < 1.29 is 4.79 Å². The Labute approximate surface area is 157 Å². The van der Waals surface area contributed by atoms with Gasteiger partial charge >= 0.3 is 0 Å². The normalized spacial score (nSPS) is 15.0. The summed E-state index contributed by atoms with van der Waals surface area (Å²) in [5.74, 6) is 1.79. The summed E-state index contributed by atoms with van der Waals surface area (Å²) >= 11 is 0. The van der Waals surface area contributed by atoms with Gasteiger partial charge in [-0.3, -0.25) is 9.78 Å². The second-order valence-corrected chi connectivity index (χ2v) is 6.77. The van der Waals surface area contributed by atoms with Crippen molar-refractivity contribution in [2.24, 2.45) is 0 Å². The van der Waals surface area contributed by atoms with Gasteiger partial charge in [-0.2, -0.15) is 0 Å². The molecular formula is C20H22N6O. The van der Waals surface area contributed by atoms with Gasteiger partial charge in [0.1, 0.15) is 11.6 Å². The van der Waals surface area contributed by atoms with Crippen LogP contribution in [0.2, 0.25) is 0 Å². The Bertz CT molecular complexity index is 915. The summed E-state index contributed by atoms with van der Waals surface area (Å²) in [6.45, 7) is 2.13. The molecule has 0 atom stereocenters. The molecule has 1 saturated heterocycles. The molecule has 3 aromatic rings. The zero-order chi connectivity index (χ0) is 18.6. The van der Waals surface area contributed by atoms with E-state index in [1.807, 2.05) is 41.7 Å². The van der Waals surface area contributed by atoms with Crippen LogP contribution in [0.5, 0.6) is 0 Å². The number of nitrogens with zero attached hydrogens (tertiary/aromatic N) is 5. The lowest BCUT2D eigenvalue weighted by Gasteiger charge is -2.32. The van der Waals surface area contributed by atoms with Crippen molar-refractivity contribution in [3.63, 3.8) is 0 Å². The second kappa shape index (κ2) is 7.57. The van der Waals surface area contributed by atoms with Crippen molar-refractivity contribution in [1.29, 1.82) is 0 Å². The van der Waals surface area contributed by atoms with Gasteiger partial charge < -0.3 is 15.2 Å². The molecule has 1 aliphatic rings. The molecule has 27 heavy (non-hydrogen) atoms. The molecule has 3 aromatic heterocycles. The molecule has 138 valence electrons. The molecule has 1 amide bonds. The van der Waals surface area contributed by atoms with Crippen molar-refractivity contribution in [2.75, 3.05) is 18.8 Å². The number of hydrogen-bond acceptors (Lipinski definition) is 5. The third-order valence-corrected chi connectivity index (χ3v) is 4.98. The molecular weight excluding hydrogens is 340 g/mol. The van der Waals surface area contributed by atoms with Crippen LogP contribution in [0.4, 0.5) is 5.82 Å². The number of imidazole rings is 1. The van der Waals surface area contributed by atoms with Crippen LogP contribution >= 0.6 is 0 Å². The van der Waals surface area contributed by atoms with Gasteiger partial charge in [-0.25, -0.2) is 9.97 Å². The minimum atomic E-state index is 0.0133. The monoisotopic (exact) mass is 362 g/mol. The summed E-state index contributed by atoms with van der Waals surface area (Å²) in [5.41, 5.74) is 7.30. The minimum Gasteiger partial charge on any atom is -0.384 e. The molecule has 0 bridgehead atoms. The average molecular weight is 362 g/mol. The summed E-state index contributed by atoms with van der Waals surface area (Å²) in [5, 5.41) is 0. The topological polar surface area (TPSA) is 89.9 Å². The Kier molecular flexibility index (Phi) is 4.82. The van der Waals surface area contributed by atoms with E-state index < -0.39 is 0 Å². The zero-order valence-corrected chi connectivity index (χ0v) is 15.0. The van der Waals surface area contributed by atoms with E-state index in [2.05, 4.69) is 19.5 Å². The highest BCUT2D eigenvalue weighted by Crippen LogP contribution is 2.28. The van der Waals surface area contributed by atoms with E-state index in [0.29, 0.717) is 36.9 Å². The minimum absolute atomic E-state index is 0.0133. The van der Waals surface area contributed by atoms with Crippen LogP contribution in [0, 0.1) is 0 Å². The van der Waals surface area contributed by atoms with E-state index >= 15 is 0 Å². The Balaban J connectivity index is 1.41. The standard InChI is InChI=1S/C20H22N6O/c21-18-13-16(4-8-23-18)20(27)25-10-5-15(6-11-25)19-24-9-12-26(19)14-17-3-1-2-7-22-17/h1-4,7-9,12-13,15H,5-6,10-11,14H2,(H2,21,23). The second-order valence-electron chi connectivity index (χ2n) is 6.77. The fourth-order valence-corrected chi connectivity index (χ4v) is 3.59. The van der Waals surface area contributed by atoms with Gasteiger partial charge in [0.05, 0.1) is 12.2 Å². The number of carbonyl (C=O) groups excluding carboxylic acids is 1. The number of nitrogens with two attached hydrogens (primary N) is 1. The predicted molar refractivity (Wildman–Crippen MR) is 102 cm³/mol. The van der Waals surface area contributed by atoms with Gasteiger partial charge in [0.25, 0.3) is 5.91 Å². The number of carbonyl (C=O) groups is 1. The third-order valence-electron chi connectivity index (χ3n) is 4.98. The van der Waals surface area contributed by atoms with Crippen molar-refractivity contribution >= 4 is 11.7 Å². The first-order valence-corrected chi connectivity index (χ1v) is 9.12. The highest BCUT2D eigenvalue weighted by atomic mass is 16.2. The number of piperidine rings is 1. The van der Waals surface area contributed by atoms with Crippen molar-refractivity contribution in [3.8, 4) is 0 Å². The van der Waals surface area contributed by atoms with Gasteiger partial charge in [0, 0.05) is 49.4 Å². The molecule has 4 heterocycles. The first-order chi connectivity index (χ1) is 13.2. The Morgan fingerprint density at radius 1 is 1.07 bits per heavy atom. The molecule has 0 radical (unpaired) electrons. The highest BCUT2D eigenvalue weighted by Gasteiger charge is 2.27. The molecule has 0 saturated carbocycles. The fraction of sp³-hybridized carbons (Fsp3) is 0.300. The maximum atomic E-state index is 12.7. The van der Waals surface area contributed by atoms with Gasteiger partial charge in [0.15, 0.2) is 0 Å². The summed E-state index contributed by atoms with van der Waals surface area (Å²) in [4.78, 5) is 27.5. The van der Waals surface area contributed by atoms with E-state index in [4.69, 9.17) is 5.73 Å². The molecule has 1 fully saturated rings. The number of amides is 1. The molecule has 0 aromatic carbocycles. The number of hydrogen-bond donors (Lipinski definition) is 1. The highest BCUT2D eigenvalue weighted by molar-refractivity contribution is 5.94. The number of rotatable bonds is 4. The summed E-state index contributed by atoms with van der Waals surface area (Å²) < 4.78 is 2.16. The smallest absolute Gasteiger partial charge is 0.254 e. The fourth-order valence-electron chi connectivity index (χ4n) is 3.59. The van der Waals surface area contributed by atoms with Crippen LogP contribution in [0.3, 0.4) is 0 Å². The van der Waals surface area contributed by atoms with Crippen LogP contribution in [-0.2, 0) is 6.54 Å². The van der Waals surface area contributed by atoms with Crippen LogP contribution in [0.15, 0.2) is 55.1 Å². The lowest BCUT2D eigenvalue weighted by atomic mass is 9.95. The van der Waals surface area contributed by atoms with E-state index in [0.717, 1.165) is 24.4 Å². The van der Waals surface area contributed by atoms with E-state index in [-0.39, 0.29) is 5.91 Å². The molecule has 7 heteroatoms. The molecule has 4 rings (SSSR count). The number of pyridine rings is 2. The van der Waals surface area contributed by atoms with E-state index in [9.17, 15) is 4.79 Å². The SMILES string of the molecule is Nc1cc(C(=O)N2CCC(c3nccn3Cc3ccccn3)CC2)ccn1. The van der Waals surface area contributed by atoms with Crippen LogP contribution in [0.1, 0.15) is 40.6 Å². The van der Waals surface area contributed by atoms with Crippen molar-refractivity contribution in [2.45, 2.75) is 25.3 Å². The Hall–Kier alpha value is -3.22. The first kappa shape index (κ1) is 17.2. The first-order valence-electron chi connectivity index (χ1n) is 9.12. The quantitative estimate of drug-likeness (QED) is 0.769. The van der Waals surface area contributed by atoms with Crippen LogP contribution < -0.4 is 5.73 Å². The summed E-state index contributed by atoms with van der Waals surface area (Å²) in [7, 11) is 0. The molecule has 2 N–H and O–H groups in total. The third kappa shape index (κ3) is 3.81. The van der Waals surface area contributed by atoms with Crippen LogP contribution in [0.25, 0.3) is 0 Å². The predicted octanol–water partition coefficient (Wildman–Crippen LogP) is 2.32. The van der Waals surface area contributed by atoms with Gasteiger partial charge in [-0.15, -0.1) is 0 Å². The van der Waals surface area contributed by atoms with E-state index in [1.54, 1.807) is 18.3 Å². The summed E-state index contributed by atoms with van der Waals surface area (Å²) in [6, 6.07) is 9.28. The Morgan fingerprint density at radius 3 is 2.67 bits per heavy atom. The molecule has 0 unspecified atom stereocenters. The molecule has 0 spiro atoms. The molecule has 7 nitrogen and oxygen atoms in total. The van der Waals surface area contributed by atoms with Gasteiger partial charge in [-0.05, 0) is 37.1 Å².